The third kappa shape index (κ3) is 4.60. The number of nitroso groups, excluding NO2 is 1. The maximum atomic E-state index is 13.6. The second-order valence-electron chi connectivity index (χ2n) is 11.7. The third-order valence-electron chi connectivity index (χ3n) is 9.32. The minimum absolute atomic E-state index is 0.00355. The van der Waals surface area contributed by atoms with Crippen molar-refractivity contribution >= 4 is 5.91 Å². The first kappa shape index (κ1) is 24.7. The van der Waals surface area contributed by atoms with E-state index in [1.165, 1.54) is 5.56 Å². The number of hydrazine groups is 1. The summed E-state index contributed by atoms with van der Waals surface area (Å²) in [5, 5.41) is 16.0. The second kappa shape index (κ2) is 9.45. The maximum absolute atomic E-state index is 13.6. The zero-order chi connectivity index (χ0) is 24.7. The SMILES string of the molecule is CN(C)C1(c2ccccc2)CCC2(CC1)C[C@@H](CCC(=O)NC1COC1)[N+](=O)N2CC1(O)CCC1. The van der Waals surface area contributed by atoms with Gasteiger partial charge < -0.3 is 15.2 Å². The summed E-state index contributed by atoms with van der Waals surface area (Å²) in [4.78, 5) is 29.5. The zero-order valence-electron chi connectivity index (χ0n) is 21.2. The summed E-state index contributed by atoms with van der Waals surface area (Å²) in [6.07, 6.45) is 7.90. The van der Waals surface area contributed by atoms with E-state index < -0.39 is 5.60 Å². The first-order valence-electron chi connectivity index (χ1n) is 13.3. The Labute approximate surface area is 208 Å². The molecule has 1 spiro atoms. The Kier molecular flexibility index (Phi) is 6.66. The van der Waals surface area contributed by atoms with Gasteiger partial charge in [0.05, 0.1) is 29.8 Å². The molecule has 192 valence electrons. The Balaban J connectivity index is 1.32. The highest BCUT2D eigenvalue weighted by molar-refractivity contribution is 5.76. The van der Waals surface area contributed by atoms with Gasteiger partial charge in [0.25, 0.3) is 0 Å². The average molecular weight is 486 g/mol. The summed E-state index contributed by atoms with van der Waals surface area (Å²) < 4.78 is 5.14. The molecule has 1 aromatic carbocycles. The lowest BCUT2D eigenvalue weighted by Crippen LogP contribution is -2.59. The molecule has 35 heavy (non-hydrogen) atoms. The van der Waals surface area contributed by atoms with Gasteiger partial charge >= 0.3 is 0 Å². The van der Waals surface area contributed by atoms with Crippen LogP contribution in [0.2, 0.25) is 0 Å². The van der Waals surface area contributed by atoms with Crippen LogP contribution in [0.15, 0.2) is 30.3 Å². The molecule has 0 radical (unpaired) electrons. The van der Waals surface area contributed by atoms with Crippen LogP contribution in [0.5, 0.6) is 0 Å². The maximum Gasteiger partial charge on any atom is 0.237 e. The van der Waals surface area contributed by atoms with E-state index in [4.69, 9.17) is 4.74 Å². The number of nitrogens with one attached hydrogen (secondary N) is 1. The van der Waals surface area contributed by atoms with Crippen LogP contribution in [0.25, 0.3) is 0 Å². The van der Waals surface area contributed by atoms with Crippen molar-refractivity contribution in [2.75, 3.05) is 33.9 Å². The minimum atomic E-state index is -0.762. The monoisotopic (exact) mass is 485 g/mol. The number of hydrogen-bond acceptors (Lipinski definition) is 5. The second-order valence-corrected chi connectivity index (χ2v) is 11.7. The van der Waals surface area contributed by atoms with Crippen LogP contribution in [0, 0.1) is 4.91 Å². The van der Waals surface area contributed by atoms with E-state index >= 15 is 0 Å². The number of rotatable bonds is 8. The fourth-order valence-electron chi connectivity index (χ4n) is 6.75. The number of carbonyl (C=O) groups excluding carboxylic acids is 1. The molecule has 1 atom stereocenters. The van der Waals surface area contributed by atoms with Gasteiger partial charge in [-0.05, 0) is 64.6 Å². The first-order chi connectivity index (χ1) is 16.8. The lowest BCUT2D eigenvalue weighted by Gasteiger charge is -2.50. The van der Waals surface area contributed by atoms with E-state index in [1.54, 1.807) is 0 Å². The molecule has 2 aliphatic heterocycles. The average Bonchev–Trinajstić information content (AvgIpc) is 3.05. The van der Waals surface area contributed by atoms with E-state index in [0.717, 1.165) is 56.2 Å². The molecular weight excluding hydrogens is 444 g/mol. The number of carbonyl (C=O) groups is 1. The van der Waals surface area contributed by atoms with E-state index in [1.807, 2.05) is 5.01 Å². The van der Waals surface area contributed by atoms with Crippen molar-refractivity contribution in [1.29, 1.82) is 0 Å². The summed E-state index contributed by atoms with van der Waals surface area (Å²) in [7, 11) is 4.31. The van der Waals surface area contributed by atoms with Crippen LogP contribution >= 0.6 is 0 Å². The number of benzene rings is 1. The molecule has 2 aliphatic carbocycles. The van der Waals surface area contributed by atoms with Crippen LogP contribution in [-0.2, 0) is 15.1 Å². The van der Waals surface area contributed by atoms with Crippen molar-refractivity contribution < 1.29 is 19.5 Å². The van der Waals surface area contributed by atoms with Crippen molar-refractivity contribution in [2.24, 2.45) is 0 Å². The fraction of sp³-hybridized carbons (Fsp3) is 0.741. The quantitative estimate of drug-likeness (QED) is 0.551. The van der Waals surface area contributed by atoms with Crippen LogP contribution in [0.1, 0.15) is 69.8 Å². The summed E-state index contributed by atoms with van der Waals surface area (Å²) in [6, 6.07) is 10.6. The lowest BCUT2D eigenvalue weighted by molar-refractivity contribution is -0.725. The molecule has 8 nitrogen and oxygen atoms in total. The van der Waals surface area contributed by atoms with E-state index in [-0.39, 0.29) is 29.1 Å². The van der Waals surface area contributed by atoms with Crippen molar-refractivity contribution in [3.05, 3.63) is 40.8 Å². The summed E-state index contributed by atoms with van der Waals surface area (Å²) in [5.41, 5.74) is 0.253. The highest BCUT2D eigenvalue weighted by Gasteiger charge is 2.62. The van der Waals surface area contributed by atoms with Crippen molar-refractivity contribution in [3.8, 4) is 0 Å². The molecule has 2 saturated heterocycles. The molecule has 8 heteroatoms. The molecule has 0 aromatic heterocycles. The molecule has 5 rings (SSSR count). The molecule has 2 N–H and O–H groups in total. The number of nitrogens with zero attached hydrogens (tertiary/aromatic N) is 3. The van der Waals surface area contributed by atoms with Crippen molar-refractivity contribution in [3.63, 3.8) is 0 Å². The fourth-order valence-corrected chi connectivity index (χ4v) is 6.75. The van der Waals surface area contributed by atoms with Gasteiger partial charge in [0.15, 0.2) is 0 Å². The van der Waals surface area contributed by atoms with Crippen LogP contribution in [-0.4, -0.2) is 82.9 Å². The van der Waals surface area contributed by atoms with Gasteiger partial charge in [-0.25, -0.2) is 0 Å². The van der Waals surface area contributed by atoms with Gasteiger partial charge in [0.1, 0.15) is 17.0 Å². The number of amides is 1. The zero-order valence-corrected chi connectivity index (χ0v) is 21.2. The molecule has 4 aliphatic rings. The standard InChI is InChI=1S/C27H40N4O4/c1-29(2)27(21-7-4-3-5-8-21)15-13-25(14-16-27)17-23(9-10-24(32)28-22-18-35-19-22)31(34)30(25)20-26(33)11-6-12-26/h3-5,7-8,22-23,33H,6,9-20H2,1-2H3/p+1/t23-,25?,27?/m1/s1. The van der Waals surface area contributed by atoms with Gasteiger partial charge in [-0.2, -0.15) is 0 Å². The molecule has 2 heterocycles. The molecule has 2 saturated carbocycles. The normalized spacial score (nSPS) is 32.5. The molecule has 0 bridgehead atoms. The highest BCUT2D eigenvalue weighted by Crippen LogP contribution is 2.52. The first-order valence-corrected chi connectivity index (χ1v) is 13.3. The largest absolute Gasteiger partial charge is 0.388 e. The van der Waals surface area contributed by atoms with Gasteiger partial charge in [-0.1, -0.05) is 30.3 Å². The third-order valence-corrected chi connectivity index (χ3v) is 9.32. The predicted molar refractivity (Wildman–Crippen MR) is 133 cm³/mol. The van der Waals surface area contributed by atoms with Crippen LogP contribution in [0.3, 0.4) is 0 Å². The number of aliphatic hydroxyl groups is 1. The molecule has 1 aromatic rings. The van der Waals surface area contributed by atoms with E-state index in [0.29, 0.717) is 32.6 Å². The van der Waals surface area contributed by atoms with Gasteiger partial charge in [0, 0.05) is 24.8 Å². The minimum Gasteiger partial charge on any atom is -0.388 e. The summed E-state index contributed by atoms with van der Waals surface area (Å²) >= 11 is 0. The Morgan fingerprint density at radius 1 is 1.14 bits per heavy atom. The molecule has 1 amide bonds. The predicted octanol–water partition coefficient (Wildman–Crippen LogP) is 2.73. The Morgan fingerprint density at radius 3 is 2.37 bits per heavy atom. The molecular formula is C27H41N4O4+. The summed E-state index contributed by atoms with van der Waals surface area (Å²) in [6.45, 7) is 1.56. The number of ether oxygens (including phenoxy) is 1. The smallest absolute Gasteiger partial charge is 0.237 e. The number of β-amino-alcohol motifs (C(OH)–C–C–N with tert-alkyl or cyclic N) is 1. The van der Waals surface area contributed by atoms with E-state index in [2.05, 4.69) is 54.6 Å². The Morgan fingerprint density at radius 2 is 1.83 bits per heavy atom. The summed E-state index contributed by atoms with van der Waals surface area (Å²) in [5.74, 6) is -0.00355. The van der Waals surface area contributed by atoms with E-state index in [9.17, 15) is 14.8 Å². The van der Waals surface area contributed by atoms with Crippen LogP contribution in [0.4, 0.5) is 0 Å². The van der Waals surface area contributed by atoms with Crippen LogP contribution < -0.4 is 5.32 Å². The van der Waals surface area contributed by atoms with Gasteiger partial charge in [0.2, 0.25) is 11.9 Å². The van der Waals surface area contributed by atoms with Crippen molar-refractivity contribution in [1.82, 2.24) is 15.2 Å². The highest BCUT2D eigenvalue weighted by atomic mass is 16.5. The van der Waals surface area contributed by atoms with Gasteiger partial charge in [-0.15, -0.1) is 5.01 Å². The molecule has 0 unspecified atom stereocenters. The van der Waals surface area contributed by atoms with Crippen molar-refractivity contribution in [2.45, 2.75) is 93.0 Å². The lowest BCUT2D eigenvalue weighted by atomic mass is 9.66. The molecule has 4 fully saturated rings. The Hall–Kier alpha value is -2.03. The Bertz CT molecular complexity index is 920. The number of hydrogen-bond donors (Lipinski definition) is 2. The van der Waals surface area contributed by atoms with Gasteiger partial charge in [-0.3, -0.25) is 9.69 Å². The topological polar surface area (TPSA) is 85.1 Å².